The Hall–Kier alpha value is -2.05. The van der Waals surface area contributed by atoms with Crippen LogP contribution in [0.25, 0.3) is 10.2 Å². The number of rotatable bonds is 5. The first kappa shape index (κ1) is 15.8. The molecule has 2 heterocycles. The van der Waals surface area contributed by atoms with E-state index in [1.807, 2.05) is 37.3 Å². The molecule has 0 bridgehead atoms. The van der Waals surface area contributed by atoms with E-state index in [4.69, 9.17) is 16.0 Å². The molecule has 0 saturated heterocycles. The minimum absolute atomic E-state index is 0.498. The highest BCUT2D eigenvalue weighted by Crippen LogP contribution is 2.24. The highest BCUT2D eigenvalue weighted by atomic mass is 35.5. The van der Waals surface area contributed by atoms with Crippen LogP contribution in [0.2, 0.25) is 5.02 Å². The molecule has 23 heavy (non-hydrogen) atoms. The van der Waals surface area contributed by atoms with E-state index in [9.17, 15) is 0 Å². The summed E-state index contributed by atoms with van der Waals surface area (Å²) in [6, 6.07) is 9.53. The molecule has 5 nitrogen and oxygen atoms in total. The number of nitrogens with zero attached hydrogens (tertiary/aromatic N) is 2. The van der Waals surface area contributed by atoms with Gasteiger partial charge in [-0.15, -0.1) is 11.3 Å². The van der Waals surface area contributed by atoms with Crippen LogP contribution in [-0.2, 0) is 13.1 Å². The van der Waals surface area contributed by atoms with Gasteiger partial charge in [0.25, 0.3) is 0 Å². The number of halogens is 1. The first-order valence-electron chi connectivity index (χ1n) is 7.34. The van der Waals surface area contributed by atoms with Gasteiger partial charge in [0, 0.05) is 11.6 Å². The average Bonchev–Trinajstić information content (AvgIpc) is 3.18. The molecule has 0 saturated carbocycles. The lowest BCUT2D eigenvalue weighted by molar-refractivity contribution is 0.512. The van der Waals surface area contributed by atoms with Crippen LogP contribution in [0.1, 0.15) is 17.7 Å². The fourth-order valence-electron chi connectivity index (χ4n) is 2.08. The summed E-state index contributed by atoms with van der Waals surface area (Å²) in [6.45, 7) is 3.93. The van der Waals surface area contributed by atoms with Gasteiger partial charge in [-0.3, -0.25) is 0 Å². The maximum absolute atomic E-state index is 6.00. The van der Waals surface area contributed by atoms with Crippen molar-refractivity contribution >= 4 is 39.1 Å². The molecule has 0 atom stereocenters. The number of benzene rings is 1. The number of thiazole rings is 1. The van der Waals surface area contributed by atoms with Crippen molar-refractivity contribution in [1.82, 2.24) is 15.6 Å². The SMILES string of the molecule is CCNC(=NCc1ccco1)NCc1nc2cc(Cl)ccc2s1. The van der Waals surface area contributed by atoms with Gasteiger partial charge < -0.3 is 15.1 Å². The molecule has 0 radical (unpaired) electrons. The number of nitrogens with one attached hydrogen (secondary N) is 2. The molecule has 7 heteroatoms. The summed E-state index contributed by atoms with van der Waals surface area (Å²) >= 11 is 7.65. The summed E-state index contributed by atoms with van der Waals surface area (Å²) in [4.78, 5) is 9.08. The van der Waals surface area contributed by atoms with Gasteiger partial charge in [0.15, 0.2) is 5.96 Å². The second kappa shape index (κ2) is 7.48. The maximum atomic E-state index is 6.00. The highest BCUT2D eigenvalue weighted by molar-refractivity contribution is 7.18. The topological polar surface area (TPSA) is 62.5 Å². The Labute approximate surface area is 143 Å². The van der Waals surface area contributed by atoms with Crippen LogP contribution in [0.5, 0.6) is 0 Å². The van der Waals surface area contributed by atoms with E-state index in [1.54, 1.807) is 17.6 Å². The summed E-state index contributed by atoms with van der Waals surface area (Å²) in [5, 5.41) is 8.19. The standard InChI is InChI=1S/C16H17ClN4OS/c1-2-18-16(19-9-12-4-3-7-22-12)20-10-15-21-13-8-11(17)5-6-14(13)23-15/h3-8H,2,9-10H2,1H3,(H2,18,19,20). The van der Waals surface area contributed by atoms with Crippen molar-refractivity contribution in [2.24, 2.45) is 4.99 Å². The number of furan rings is 1. The van der Waals surface area contributed by atoms with E-state index in [0.717, 1.165) is 33.5 Å². The van der Waals surface area contributed by atoms with Gasteiger partial charge in [-0.25, -0.2) is 9.98 Å². The molecule has 1 aromatic carbocycles. The van der Waals surface area contributed by atoms with Crippen LogP contribution in [0.15, 0.2) is 46.0 Å². The second-order valence-electron chi connectivity index (χ2n) is 4.85. The van der Waals surface area contributed by atoms with Gasteiger partial charge in [0.2, 0.25) is 0 Å². The van der Waals surface area contributed by atoms with Gasteiger partial charge in [-0.05, 0) is 37.3 Å². The molecule has 2 aromatic heterocycles. The summed E-state index contributed by atoms with van der Waals surface area (Å²) in [5.41, 5.74) is 0.928. The second-order valence-corrected chi connectivity index (χ2v) is 6.40. The van der Waals surface area contributed by atoms with Crippen LogP contribution < -0.4 is 10.6 Å². The van der Waals surface area contributed by atoms with Crippen molar-refractivity contribution in [3.05, 3.63) is 52.4 Å². The van der Waals surface area contributed by atoms with Gasteiger partial charge in [-0.2, -0.15) is 0 Å². The smallest absolute Gasteiger partial charge is 0.192 e. The monoisotopic (exact) mass is 348 g/mol. The molecule has 2 N–H and O–H groups in total. The number of aromatic nitrogens is 1. The zero-order valence-corrected chi connectivity index (χ0v) is 14.2. The summed E-state index contributed by atoms with van der Waals surface area (Å²) < 4.78 is 6.42. The minimum Gasteiger partial charge on any atom is -0.467 e. The predicted octanol–water partition coefficient (Wildman–Crippen LogP) is 3.80. The Kier molecular flexibility index (Phi) is 5.15. The summed E-state index contributed by atoms with van der Waals surface area (Å²) in [5.74, 6) is 1.57. The fraction of sp³-hybridized carbons (Fsp3) is 0.250. The number of fused-ring (bicyclic) bond motifs is 1. The molecule has 3 rings (SSSR count). The average molecular weight is 349 g/mol. The lowest BCUT2D eigenvalue weighted by atomic mass is 10.3. The van der Waals surface area contributed by atoms with Crippen LogP contribution >= 0.6 is 22.9 Å². The molecule has 0 aliphatic heterocycles. The van der Waals surface area contributed by atoms with Gasteiger partial charge in [0.05, 0.1) is 23.0 Å². The Morgan fingerprint density at radius 1 is 1.35 bits per heavy atom. The largest absolute Gasteiger partial charge is 0.467 e. The number of hydrogen-bond donors (Lipinski definition) is 2. The lowest BCUT2D eigenvalue weighted by Gasteiger charge is -2.09. The van der Waals surface area contributed by atoms with E-state index in [-0.39, 0.29) is 0 Å². The van der Waals surface area contributed by atoms with E-state index < -0.39 is 0 Å². The number of hydrogen-bond acceptors (Lipinski definition) is 4. The third-order valence-corrected chi connectivity index (χ3v) is 4.39. The Balaban J connectivity index is 1.66. The summed E-state index contributed by atoms with van der Waals surface area (Å²) in [7, 11) is 0. The van der Waals surface area contributed by atoms with E-state index in [1.165, 1.54) is 0 Å². The van der Waals surface area contributed by atoms with Crippen molar-refractivity contribution in [3.8, 4) is 0 Å². The van der Waals surface area contributed by atoms with Gasteiger partial charge in [-0.1, -0.05) is 11.6 Å². The minimum atomic E-state index is 0.498. The van der Waals surface area contributed by atoms with Crippen LogP contribution in [0.3, 0.4) is 0 Å². The lowest BCUT2D eigenvalue weighted by Crippen LogP contribution is -2.36. The van der Waals surface area contributed by atoms with E-state index in [2.05, 4.69) is 20.6 Å². The molecule has 0 fully saturated rings. The number of aliphatic imine (C=N–C) groups is 1. The molecule has 0 unspecified atom stereocenters. The molecule has 0 spiro atoms. The van der Waals surface area contributed by atoms with Crippen molar-refractivity contribution < 1.29 is 4.42 Å². The van der Waals surface area contributed by atoms with Gasteiger partial charge >= 0.3 is 0 Å². The quantitative estimate of drug-likeness (QED) is 0.544. The highest BCUT2D eigenvalue weighted by Gasteiger charge is 2.06. The predicted molar refractivity (Wildman–Crippen MR) is 95.0 cm³/mol. The van der Waals surface area contributed by atoms with Crippen molar-refractivity contribution in [2.75, 3.05) is 6.54 Å². The van der Waals surface area contributed by atoms with Crippen LogP contribution in [0.4, 0.5) is 0 Å². The molecule has 0 aliphatic rings. The Morgan fingerprint density at radius 2 is 2.26 bits per heavy atom. The molecular weight excluding hydrogens is 332 g/mol. The Morgan fingerprint density at radius 3 is 3.04 bits per heavy atom. The third kappa shape index (κ3) is 4.24. The molecule has 0 amide bonds. The molecule has 3 aromatic rings. The first-order chi connectivity index (χ1) is 11.2. The molecule has 0 aliphatic carbocycles. The van der Waals surface area contributed by atoms with E-state index >= 15 is 0 Å². The fourth-order valence-corrected chi connectivity index (χ4v) is 3.14. The number of guanidine groups is 1. The third-order valence-electron chi connectivity index (χ3n) is 3.12. The van der Waals surface area contributed by atoms with E-state index in [0.29, 0.717) is 18.1 Å². The van der Waals surface area contributed by atoms with Crippen LogP contribution in [-0.4, -0.2) is 17.5 Å². The first-order valence-corrected chi connectivity index (χ1v) is 8.53. The zero-order chi connectivity index (χ0) is 16.1. The Bertz CT molecular complexity index is 798. The summed E-state index contributed by atoms with van der Waals surface area (Å²) in [6.07, 6.45) is 1.65. The zero-order valence-electron chi connectivity index (χ0n) is 12.7. The maximum Gasteiger partial charge on any atom is 0.192 e. The van der Waals surface area contributed by atoms with Crippen molar-refractivity contribution in [1.29, 1.82) is 0 Å². The van der Waals surface area contributed by atoms with Crippen molar-refractivity contribution in [2.45, 2.75) is 20.0 Å². The van der Waals surface area contributed by atoms with Crippen molar-refractivity contribution in [3.63, 3.8) is 0 Å². The molecule has 120 valence electrons. The normalized spacial score (nSPS) is 11.8. The van der Waals surface area contributed by atoms with Gasteiger partial charge in [0.1, 0.15) is 17.3 Å². The van der Waals surface area contributed by atoms with Crippen LogP contribution in [0, 0.1) is 0 Å². The molecular formula is C16H17ClN4OS.